The first kappa shape index (κ1) is 13.1. The number of nitrogens with zero attached hydrogens (tertiary/aromatic N) is 2. The quantitative estimate of drug-likeness (QED) is 0.677. The Morgan fingerprint density at radius 3 is 2.72 bits per heavy atom. The molecule has 1 fully saturated rings. The zero-order valence-corrected chi connectivity index (χ0v) is 11.0. The van der Waals surface area contributed by atoms with Crippen molar-refractivity contribution in [3.8, 4) is 0 Å². The number of anilines is 1. The molecule has 1 aliphatic heterocycles. The predicted octanol–water partition coefficient (Wildman–Crippen LogP) is 2.75. The topological polar surface area (TPSA) is 58.4 Å². The van der Waals surface area contributed by atoms with E-state index in [0.717, 1.165) is 25.9 Å². The van der Waals surface area contributed by atoms with Gasteiger partial charge in [-0.25, -0.2) is 0 Å². The second-order valence-electron chi connectivity index (χ2n) is 4.61. The fraction of sp³-hybridized carbons (Fsp3) is 0.500. The van der Waals surface area contributed by atoms with Crippen molar-refractivity contribution in [2.45, 2.75) is 18.9 Å². The van der Waals surface area contributed by atoms with Gasteiger partial charge in [-0.2, -0.15) is 0 Å². The highest BCUT2D eigenvalue weighted by Crippen LogP contribution is 2.33. The van der Waals surface area contributed by atoms with Gasteiger partial charge in [-0.05, 0) is 39.0 Å². The van der Waals surface area contributed by atoms with Gasteiger partial charge in [-0.15, -0.1) is 0 Å². The molecule has 6 heteroatoms. The van der Waals surface area contributed by atoms with Crippen molar-refractivity contribution >= 4 is 23.0 Å². The second-order valence-corrected chi connectivity index (χ2v) is 5.02. The molecular weight excluding hydrogens is 254 g/mol. The average molecular weight is 270 g/mol. The van der Waals surface area contributed by atoms with E-state index in [1.54, 1.807) is 12.1 Å². The molecule has 1 heterocycles. The number of nitro groups is 1. The van der Waals surface area contributed by atoms with Crippen molar-refractivity contribution < 1.29 is 4.92 Å². The molecular formula is C12H16ClN3O2. The van der Waals surface area contributed by atoms with E-state index in [2.05, 4.69) is 17.3 Å². The normalized spacial score (nSPS) is 17.7. The Labute approximate surface area is 111 Å². The van der Waals surface area contributed by atoms with Crippen LogP contribution >= 0.6 is 11.6 Å². The van der Waals surface area contributed by atoms with Gasteiger partial charge in [0.25, 0.3) is 5.69 Å². The van der Waals surface area contributed by atoms with Crippen LogP contribution in [0.5, 0.6) is 0 Å². The van der Waals surface area contributed by atoms with Crippen LogP contribution in [-0.2, 0) is 0 Å². The molecule has 2 rings (SSSR count). The van der Waals surface area contributed by atoms with Crippen LogP contribution in [0.15, 0.2) is 18.2 Å². The molecule has 1 aromatic carbocycles. The highest BCUT2D eigenvalue weighted by Gasteiger charge is 2.22. The number of hydrogen-bond donors (Lipinski definition) is 1. The van der Waals surface area contributed by atoms with Gasteiger partial charge in [-0.3, -0.25) is 10.1 Å². The molecule has 1 aromatic rings. The van der Waals surface area contributed by atoms with Crippen LogP contribution in [0.25, 0.3) is 0 Å². The van der Waals surface area contributed by atoms with Gasteiger partial charge in [-0.1, -0.05) is 17.7 Å². The molecule has 1 aliphatic rings. The summed E-state index contributed by atoms with van der Waals surface area (Å²) in [4.78, 5) is 12.8. The van der Waals surface area contributed by atoms with Gasteiger partial charge in [0.1, 0.15) is 5.69 Å². The van der Waals surface area contributed by atoms with Crippen molar-refractivity contribution in [3.05, 3.63) is 33.3 Å². The van der Waals surface area contributed by atoms with E-state index in [1.807, 2.05) is 0 Å². The summed E-state index contributed by atoms with van der Waals surface area (Å²) in [5, 5.41) is 14.6. The molecule has 0 radical (unpaired) electrons. The van der Waals surface area contributed by atoms with Gasteiger partial charge in [0.15, 0.2) is 0 Å². The SMILES string of the molecule is CN1CCC(Nc2c(Cl)cccc2[N+](=O)[O-])CC1. The molecule has 98 valence electrons. The van der Waals surface area contributed by atoms with Gasteiger partial charge >= 0.3 is 0 Å². The van der Waals surface area contributed by atoms with E-state index in [1.165, 1.54) is 6.07 Å². The molecule has 1 N–H and O–H groups in total. The first-order valence-corrected chi connectivity index (χ1v) is 6.33. The Hall–Kier alpha value is -1.33. The second kappa shape index (κ2) is 5.54. The van der Waals surface area contributed by atoms with Crippen LogP contribution in [0.1, 0.15) is 12.8 Å². The van der Waals surface area contributed by atoms with Crippen molar-refractivity contribution in [2.24, 2.45) is 0 Å². The Kier molecular flexibility index (Phi) is 4.04. The number of nitro benzene ring substituents is 1. The maximum absolute atomic E-state index is 11.0. The molecule has 0 saturated carbocycles. The van der Waals surface area contributed by atoms with Crippen molar-refractivity contribution in [1.29, 1.82) is 0 Å². The summed E-state index contributed by atoms with van der Waals surface area (Å²) in [7, 11) is 2.08. The maximum Gasteiger partial charge on any atom is 0.293 e. The van der Waals surface area contributed by atoms with E-state index in [4.69, 9.17) is 11.6 Å². The molecule has 0 amide bonds. The van der Waals surface area contributed by atoms with Crippen LogP contribution in [0.4, 0.5) is 11.4 Å². The number of rotatable bonds is 3. The average Bonchev–Trinajstić information content (AvgIpc) is 2.34. The highest BCUT2D eigenvalue weighted by molar-refractivity contribution is 6.33. The Morgan fingerprint density at radius 1 is 1.44 bits per heavy atom. The first-order chi connectivity index (χ1) is 8.58. The van der Waals surface area contributed by atoms with Crippen molar-refractivity contribution in [1.82, 2.24) is 4.90 Å². The molecule has 5 nitrogen and oxygen atoms in total. The van der Waals surface area contributed by atoms with Gasteiger partial charge < -0.3 is 10.2 Å². The van der Waals surface area contributed by atoms with Crippen LogP contribution in [0, 0.1) is 10.1 Å². The summed E-state index contributed by atoms with van der Waals surface area (Å²) in [6, 6.07) is 5.00. The fourth-order valence-corrected chi connectivity index (χ4v) is 2.39. The minimum absolute atomic E-state index is 0.0430. The molecule has 1 saturated heterocycles. The fourth-order valence-electron chi connectivity index (χ4n) is 2.16. The lowest BCUT2D eigenvalue weighted by Gasteiger charge is -2.30. The minimum atomic E-state index is -0.400. The Bertz CT molecular complexity index is 445. The third kappa shape index (κ3) is 2.91. The molecule has 0 atom stereocenters. The summed E-state index contributed by atoms with van der Waals surface area (Å²) in [5.74, 6) is 0. The monoisotopic (exact) mass is 269 g/mol. The van der Waals surface area contributed by atoms with Gasteiger partial charge in [0, 0.05) is 12.1 Å². The lowest BCUT2D eigenvalue weighted by Crippen LogP contribution is -2.36. The van der Waals surface area contributed by atoms with Crippen LogP contribution in [0.2, 0.25) is 5.02 Å². The van der Waals surface area contributed by atoms with E-state index in [0.29, 0.717) is 10.7 Å². The van der Waals surface area contributed by atoms with E-state index >= 15 is 0 Å². The number of likely N-dealkylation sites (tertiary alicyclic amines) is 1. The number of benzene rings is 1. The zero-order chi connectivity index (χ0) is 13.1. The standard InChI is InChI=1S/C12H16ClN3O2/c1-15-7-5-9(6-8-15)14-12-10(13)3-2-4-11(12)16(17)18/h2-4,9,14H,5-8H2,1H3. The predicted molar refractivity (Wildman–Crippen MR) is 72.2 cm³/mol. The van der Waals surface area contributed by atoms with Crippen molar-refractivity contribution in [3.63, 3.8) is 0 Å². The lowest BCUT2D eigenvalue weighted by molar-refractivity contribution is -0.384. The molecule has 0 aliphatic carbocycles. The number of piperidine rings is 1. The summed E-state index contributed by atoms with van der Waals surface area (Å²) in [6.45, 7) is 1.99. The molecule has 0 bridgehead atoms. The largest absolute Gasteiger partial charge is 0.375 e. The number of para-hydroxylation sites is 1. The number of nitrogens with one attached hydrogen (secondary N) is 1. The molecule has 0 unspecified atom stereocenters. The summed E-state index contributed by atoms with van der Waals surface area (Å²) < 4.78 is 0. The Balaban J connectivity index is 2.15. The summed E-state index contributed by atoms with van der Waals surface area (Å²) >= 11 is 6.04. The third-order valence-electron chi connectivity index (χ3n) is 3.26. The smallest absolute Gasteiger partial charge is 0.293 e. The van der Waals surface area contributed by atoms with Crippen LogP contribution < -0.4 is 5.32 Å². The van der Waals surface area contributed by atoms with Gasteiger partial charge in [0.05, 0.1) is 9.95 Å². The maximum atomic E-state index is 11.0. The van der Waals surface area contributed by atoms with E-state index in [-0.39, 0.29) is 11.7 Å². The first-order valence-electron chi connectivity index (χ1n) is 5.96. The van der Waals surface area contributed by atoms with E-state index < -0.39 is 4.92 Å². The van der Waals surface area contributed by atoms with Crippen LogP contribution in [-0.4, -0.2) is 36.0 Å². The number of halogens is 1. The Morgan fingerprint density at radius 2 is 2.11 bits per heavy atom. The molecule has 0 aromatic heterocycles. The summed E-state index contributed by atoms with van der Waals surface area (Å²) in [6.07, 6.45) is 1.94. The molecule has 0 spiro atoms. The lowest BCUT2D eigenvalue weighted by atomic mass is 10.0. The molecule has 18 heavy (non-hydrogen) atoms. The zero-order valence-electron chi connectivity index (χ0n) is 10.2. The van der Waals surface area contributed by atoms with Gasteiger partial charge in [0.2, 0.25) is 0 Å². The number of hydrogen-bond acceptors (Lipinski definition) is 4. The van der Waals surface area contributed by atoms with E-state index in [9.17, 15) is 10.1 Å². The minimum Gasteiger partial charge on any atom is -0.375 e. The third-order valence-corrected chi connectivity index (χ3v) is 3.57. The van der Waals surface area contributed by atoms with Crippen molar-refractivity contribution in [2.75, 3.05) is 25.5 Å². The highest BCUT2D eigenvalue weighted by atomic mass is 35.5. The van der Waals surface area contributed by atoms with Crippen LogP contribution in [0.3, 0.4) is 0 Å². The summed E-state index contributed by atoms with van der Waals surface area (Å²) in [5.41, 5.74) is 0.486.